The van der Waals surface area contributed by atoms with Gasteiger partial charge in [-0.1, -0.05) is 27.7 Å². The molecule has 3 nitrogen and oxygen atoms in total. The van der Waals surface area contributed by atoms with Crippen molar-refractivity contribution in [3.05, 3.63) is 0 Å². The molecule has 0 bridgehead atoms. The van der Waals surface area contributed by atoms with Crippen molar-refractivity contribution in [3.63, 3.8) is 0 Å². The quantitative estimate of drug-likeness (QED) is 0.559. The molecule has 0 aromatic rings. The van der Waals surface area contributed by atoms with E-state index in [1.165, 1.54) is 51.4 Å². The molecule has 4 aliphatic carbocycles. The lowest BCUT2D eigenvalue weighted by Gasteiger charge is -2.61. The van der Waals surface area contributed by atoms with E-state index in [0.29, 0.717) is 22.9 Å². The fraction of sp³-hybridized carbons (Fsp3) is 1.00. The molecular formula is C27H45NO2. The van der Waals surface area contributed by atoms with Gasteiger partial charge < -0.3 is 9.84 Å². The Balaban J connectivity index is 1.26. The molecule has 2 aliphatic heterocycles. The maximum Gasteiger partial charge on any atom is 0.122 e. The first-order valence-corrected chi connectivity index (χ1v) is 13.4. The fourth-order valence-electron chi connectivity index (χ4n) is 10.4. The molecule has 2 saturated heterocycles. The molecule has 0 amide bonds. The van der Waals surface area contributed by atoms with Crippen molar-refractivity contribution >= 4 is 0 Å². The molecule has 6 fully saturated rings. The van der Waals surface area contributed by atoms with Gasteiger partial charge in [0.1, 0.15) is 5.72 Å². The van der Waals surface area contributed by atoms with E-state index in [-0.39, 0.29) is 11.8 Å². The van der Waals surface area contributed by atoms with Gasteiger partial charge in [-0.2, -0.15) is 0 Å². The van der Waals surface area contributed by atoms with Crippen molar-refractivity contribution in [1.82, 2.24) is 5.32 Å². The molecule has 30 heavy (non-hydrogen) atoms. The van der Waals surface area contributed by atoms with Gasteiger partial charge in [-0.25, -0.2) is 0 Å². The Hall–Kier alpha value is -0.120. The van der Waals surface area contributed by atoms with E-state index in [4.69, 9.17) is 4.74 Å². The Bertz CT molecular complexity index is 686. The zero-order valence-corrected chi connectivity index (χ0v) is 19.8. The number of hydrogen-bond donors (Lipinski definition) is 2. The summed E-state index contributed by atoms with van der Waals surface area (Å²) < 4.78 is 7.01. The van der Waals surface area contributed by atoms with Gasteiger partial charge in [-0.3, -0.25) is 5.32 Å². The van der Waals surface area contributed by atoms with Crippen LogP contribution in [0.5, 0.6) is 0 Å². The van der Waals surface area contributed by atoms with Crippen LogP contribution in [-0.4, -0.2) is 29.6 Å². The van der Waals surface area contributed by atoms with Crippen LogP contribution in [0, 0.1) is 52.3 Å². The second kappa shape index (κ2) is 6.70. The molecule has 170 valence electrons. The smallest absolute Gasteiger partial charge is 0.122 e. The molecule has 0 radical (unpaired) electrons. The highest BCUT2D eigenvalue weighted by atomic mass is 16.5. The van der Waals surface area contributed by atoms with Gasteiger partial charge in [0.05, 0.1) is 12.2 Å². The standard InChI is InChI=1S/C27H45NO2/c1-16-7-12-27(28-15-16)17(2)24-23(30-27)14-22-20-6-5-18-13-19(29)8-10-25(18,3)21(20)9-11-26(22,24)4/h16-24,28-29H,5-15H2,1-4H3/t16-,17-,18-,19?,20+,21-,22-,23-,24-,25-,26-,27-/m0/s1. The molecule has 0 aromatic carbocycles. The van der Waals surface area contributed by atoms with Crippen LogP contribution in [0.2, 0.25) is 0 Å². The van der Waals surface area contributed by atoms with Gasteiger partial charge >= 0.3 is 0 Å². The predicted molar refractivity (Wildman–Crippen MR) is 120 cm³/mol. The second-order valence-electron chi connectivity index (χ2n) is 13.3. The Morgan fingerprint density at radius 2 is 1.67 bits per heavy atom. The molecular weight excluding hydrogens is 370 g/mol. The van der Waals surface area contributed by atoms with Gasteiger partial charge in [-0.05, 0) is 111 Å². The topological polar surface area (TPSA) is 41.5 Å². The van der Waals surface area contributed by atoms with Crippen molar-refractivity contribution < 1.29 is 9.84 Å². The molecule has 2 heterocycles. The van der Waals surface area contributed by atoms with Crippen LogP contribution in [0.4, 0.5) is 0 Å². The van der Waals surface area contributed by atoms with E-state index in [0.717, 1.165) is 54.9 Å². The number of rotatable bonds is 0. The van der Waals surface area contributed by atoms with Crippen LogP contribution in [0.25, 0.3) is 0 Å². The van der Waals surface area contributed by atoms with Crippen molar-refractivity contribution in [2.24, 2.45) is 52.3 Å². The first-order valence-electron chi connectivity index (χ1n) is 13.4. The number of aliphatic hydroxyl groups excluding tert-OH is 1. The summed E-state index contributed by atoms with van der Waals surface area (Å²) in [5, 5.41) is 14.2. The van der Waals surface area contributed by atoms with Gasteiger partial charge in [0.15, 0.2) is 0 Å². The molecule has 12 atom stereocenters. The summed E-state index contributed by atoms with van der Waals surface area (Å²) in [6.07, 6.45) is 13.2. The second-order valence-corrected chi connectivity index (χ2v) is 13.3. The highest BCUT2D eigenvalue weighted by Crippen LogP contribution is 2.71. The van der Waals surface area contributed by atoms with E-state index in [1.54, 1.807) is 0 Å². The van der Waals surface area contributed by atoms with Gasteiger partial charge in [0.2, 0.25) is 0 Å². The normalized spacial score (nSPS) is 62.5. The largest absolute Gasteiger partial charge is 0.393 e. The molecule has 1 unspecified atom stereocenters. The lowest BCUT2D eigenvalue weighted by Crippen LogP contribution is -2.57. The van der Waals surface area contributed by atoms with E-state index >= 15 is 0 Å². The molecule has 6 aliphatic rings. The third-order valence-corrected chi connectivity index (χ3v) is 12.1. The Morgan fingerprint density at radius 1 is 0.867 bits per heavy atom. The van der Waals surface area contributed by atoms with E-state index in [1.807, 2.05) is 0 Å². The maximum absolute atomic E-state index is 10.3. The summed E-state index contributed by atoms with van der Waals surface area (Å²) in [7, 11) is 0. The number of piperidine rings is 1. The number of hydrogen-bond acceptors (Lipinski definition) is 3. The van der Waals surface area contributed by atoms with Crippen LogP contribution in [-0.2, 0) is 4.74 Å². The van der Waals surface area contributed by atoms with E-state index in [9.17, 15) is 5.11 Å². The SMILES string of the molecule is C[C@H]1CC[C@]2(NC1)O[C@H]1C[C@H]3[C@@H]4CC[C@H]5CC(O)CC[C@]5(C)[C@H]4CC[C@]3(C)[C@H]1[C@@H]2C. The monoisotopic (exact) mass is 415 g/mol. The van der Waals surface area contributed by atoms with Gasteiger partial charge in [0, 0.05) is 12.5 Å². The summed E-state index contributed by atoms with van der Waals surface area (Å²) in [5.41, 5.74) is 0.919. The summed E-state index contributed by atoms with van der Waals surface area (Å²) in [5.74, 6) is 5.57. The third kappa shape index (κ3) is 2.61. The van der Waals surface area contributed by atoms with E-state index < -0.39 is 0 Å². The van der Waals surface area contributed by atoms with Crippen LogP contribution >= 0.6 is 0 Å². The Kier molecular flexibility index (Phi) is 4.58. The average molecular weight is 416 g/mol. The van der Waals surface area contributed by atoms with Crippen molar-refractivity contribution in [1.29, 1.82) is 0 Å². The van der Waals surface area contributed by atoms with Crippen LogP contribution in [0.1, 0.15) is 91.9 Å². The number of aliphatic hydroxyl groups is 1. The zero-order chi connectivity index (χ0) is 20.9. The molecule has 4 saturated carbocycles. The number of fused-ring (bicyclic) bond motifs is 7. The lowest BCUT2D eigenvalue weighted by molar-refractivity contribution is -0.140. The minimum Gasteiger partial charge on any atom is -0.393 e. The van der Waals surface area contributed by atoms with Crippen molar-refractivity contribution in [2.75, 3.05) is 6.54 Å². The van der Waals surface area contributed by atoms with Crippen LogP contribution in [0.3, 0.4) is 0 Å². The maximum atomic E-state index is 10.3. The Morgan fingerprint density at radius 3 is 2.43 bits per heavy atom. The molecule has 6 rings (SSSR count). The summed E-state index contributed by atoms with van der Waals surface area (Å²) in [6, 6.07) is 0. The summed E-state index contributed by atoms with van der Waals surface area (Å²) >= 11 is 0. The van der Waals surface area contributed by atoms with Crippen LogP contribution < -0.4 is 5.32 Å². The first-order chi connectivity index (χ1) is 14.3. The first kappa shape index (κ1) is 20.5. The van der Waals surface area contributed by atoms with E-state index in [2.05, 4.69) is 33.0 Å². The van der Waals surface area contributed by atoms with Crippen LogP contribution in [0.15, 0.2) is 0 Å². The highest BCUT2D eigenvalue weighted by molar-refractivity contribution is 5.16. The minimum absolute atomic E-state index is 0.0319. The number of ether oxygens (including phenoxy) is 1. The third-order valence-electron chi connectivity index (χ3n) is 12.1. The molecule has 0 aromatic heterocycles. The molecule has 1 spiro atoms. The van der Waals surface area contributed by atoms with Gasteiger partial charge in [0.25, 0.3) is 0 Å². The number of nitrogens with one attached hydrogen (secondary N) is 1. The van der Waals surface area contributed by atoms with Gasteiger partial charge in [-0.15, -0.1) is 0 Å². The summed E-state index contributed by atoms with van der Waals surface area (Å²) in [6.45, 7) is 11.3. The average Bonchev–Trinajstić information content (AvgIpc) is 3.16. The Labute approximate surface area is 184 Å². The highest BCUT2D eigenvalue weighted by Gasteiger charge is 2.68. The summed E-state index contributed by atoms with van der Waals surface area (Å²) in [4.78, 5) is 0. The van der Waals surface area contributed by atoms with Crippen molar-refractivity contribution in [2.45, 2.75) is 110 Å². The zero-order valence-electron chi connectivity index (χ0n) is 19.8. The molecule has 3 heteroatoms. The minimum atomic E-state index is -0.0320. The fourth-order valence-corrected chi connectivity index (χ4v) is 10.4. The molecule has 2 N–H and O–H groups in total. The predicted octanol–water partition coefficient (Wildman–Crippen LogP) is 5.37. The lowest BCUT2D eigenvalue weighted by atomic mass is 9.44. The van der Waals surface area contributed by atoms with Crippen molar-refractivity contribution in [3.8, 4) is 0 Å².